The number of rotatable bonds is 2. The predicted octanol–water partition coefficient (Wildman–Crippen LogP) is 4.25. The van der Waals surface area contributed by atoms with Crippen molar-refractivity contribution in [3.05, 3.63) is 30.1 Å². The summed E-state index contributed by atoms with van der Waals surface area (Å²) >= 11 is 1.58. The fraction of sp³-hybridized carbons (Fsp3) is 0.500. The van der Waals surface area contributed by atoms with Crippen molar-refractivity contribution in [1.82, 2.24) is 0 Å². The number of hydrogen-bond donors (Lipinski definition) is 0. The number of benzene rings is 1. The van der Waals surface area contributed by atoms with Crippen LogP contribution < -0.4 is 0 Å². The summed E-state index contributed by atoms with van der Waals surface area (Å²) in [4.78, 5) is 1.01. The second kappa shape index (κ2) is 4.83. The lowest BCUT2D eigenvalue weighted by molar-refractivity contribution is 0.516. The van der Waals surface area contributed by atoms with E-state index in [1.807, 2.05) is 0 Å². The average Bonchev–Trinajstić information content (AvgIpc) is 2.22. The molecule has 0 radical (unpaired) electrons. The van der Waals surface area contributed by atoms with Crippen LogP contribution in [0.15, 0.2) is 29.2 Å². The lowest BCUT2D eigenvalue weighted by Crippen LogP contribution is -2.07. The van der Waals surface area contributed by atoms with Crippen LogP contribution in [-0.4, -0.2) is 5.23 Å². The van der Waals surface area contributed by atoms with E-state index in [0.29, 0.717) is 0 Å². The largest absolute Gasteiger partial charge is 0.207 e. The van der Waals surface area contributed by atoms with Crippen LogP contribution in [-0.2, 0) is 0 Å². The molecule has 2 rings (SSSR count). The third-order valence-corrected chi connectivity index (χ3v) is 3.69. The lowest BCUT2D eigenvalue weighted by Gasteiger charge is -2.20. The lowest BCUT2D eigenvalue weighted by atomic mass is 10.0. The van der Waals surface area contributed by atoms with Crippen molar-refractivity contribution >= 4 is 11.8 Å². The topological polar surface area (TPSA) is 0 Å². The standard InChI is InChI=1S/C12H15FS/c13-10-6-8-12(9-7-10)14-11-4-2-1-3-5-11/h6-9,11H,1-5H2/i11D. The normalized spacial score (nSPS) is 21.6. The highest BCUT2D eigenvalue weighted by molar-refractivity contribution is 8.00. The summed E-state index contributed by atoms with van der Waals surface area (Å²) in [5, 5.41) is -0.379. The molecule has 0 aliphatic heterocycles. The van der Waals surface area contributed by atoms with Gasteiger partial charge in [0.15, 0.2) is 0 Å². The molecule has 1 aliphatic carbocycles. The van der Waals surface area contributed by atoms with E-state index in [1.54, 1.807) is 23.9 Å². The van der Waals surface area contributed by atoms with Gasteiger partial charge in [-0.1, -0.05) is 19.3 Å². The first-order chi connectivity index (χ1) is 7.18. The Morgan fingerprint density at radius 1 is 1.14 bits per heavy atom. The third-order valence-electron chi connectivity index (χ3n) is 2.49. The minimum absolute atomic E-state index is 0.206. The maximum absolute atomic E-state index is 12.7. The van der Waals surface area contributed by atoms with E-state index in [1.165, 1.54) is 18.6 Å². The summed E-state index contributed by atoms with van der Waals surface area (Å²) in [5.41, 5.74) is 0. The second-order valence-electron chi connectivity index (χ2n) is 3.66. The fourth-order valence-corrected chi connectivity index (χ4v) is 2.82. The summed E-state index contributed by atoms with van der Waals surface area (Å²) in [7, 11) is 0. The van der Waals surface area contributed by atoms with Gasteiger partial charge in [0.1, 0.15) is 5.82 Å². The summed E-state index contributed by atoms with van der Waals surface area (Å²) in [5.74, 6) is -0.206. The van der Waals surface area contributed by atoms with Gasteiger partial charge in [0.25, 0.3) is 0 Å². The molecule has 1 saturated carbocycles. The Labute approximate surface area is 90.3 Å². The average molecular weight is 211 g/mol. The van der Waals surface area contributed by atoms with Crippen LogP contribution in [0, 0.1) is 5.82 Å². The van der Waals surface area contributed by atoms with Crippen LogP contribution >= 0.6 is 11.8 Å². The van der Waals surface area contributed by atoms with E-state index >= 15 is 0 Å². The molecule has 1 aromatic carbocycles. The molecule has 0 amide bonds. The molecular weight excluding hydrogens is 195 g/mol. The van der Waals surface area contributed by atoms with Crippen molar-refractivity contribution in [2.24, 2.45) is 0 Å². The van der Waals surface area contributed by atoms with Crippen molar-refractivity contribution in [1.29, 1.82) is 0 Å². The molecule has 0 aromatic heterocycles. The van der Waals surface area contributed by atoms with Crippen molar-refractivity contribution < 1.29 is 5.76 Å². The second-order valence-corrected chi connectivity index (χ2v) is 4.91. The van der Waals surface area contributed by atoms with E-state index < -0.39 is 0 Å². The highest BCUT2D eigenvalue weighted by atomic mass is 32.2. The smallest absolute Gasteiger partial charge is 0.123 e. The van der Waals surface area contributed by atoms with Crippen molar-refractivity contribution in [3.63, 3.8) is 0 Å². The van der Waals surface area contributed by atoms with Crippen LogP contribution in [0.3, 0.4) is 0 Å². The number of hydrogen-bond acceptors (Lipinski definition) is 1. The monoisotopic (exact) mass is 211 g/mol. The highest BCUT2D eigenvalue weighted by Gasteiger charge is 2.14. The van der Waals surface area contributed by atoms with Crippen molar-refractivity contribution in [3.8, 4) is 0 Å². The molecule has 0 heterocycles. The van der Waals surface area contributed by atoms with Crippen LogP contribution in [0.2, 0.25) is 0 Å². The summed E-state index contributed by atoms with van der Waals surface area (Å²) in [6.07, 6.45) is 5.46. The molecule has 0 saturated heterocycles. The third kappa shape index (κ3) is 2.74. The zero-order valence-corrected chi connectivity index (χ0v) is 8.95. The predicted molar refractivity (Wildman–Crippen MR) is 59.1 cm³/mol. The first kappa shape index (κ1) is 8.78. The molecule has 1 aromatic rings. The van der Waals surface area contributed by atoms with Crippen molar-refractivity contribution in [2.45, 2.75) is 42.2 Å². The van der Waals surface area contributed by atoms with Crippen LogP contribution in [0.5, 0.6) is 0 Å². The molecule has 0 nitrogen and oxygen atoms in total. The van der Waals surface area contributed by atoms with Gasteiger partial charge in [-0.2, -0.15) is 0 Å². The maximum Gasteiger partial charge on any atom is 0.123 e. The van der Waals surface area contributed by atoms with E-state index in [9.17, 15) is 4.39 Å². The maximum atomic E-state index is 12.7. The van der Waals surface area contributed by atoms with Crippen LogP contribution in [0.1, 0.15) is 33.5 Å². The highest BCUT2D eigenvalue weighted by Crippen LogP contribution is 2.33. The molecular formula is C12H15FS. The van der Waals surface area contributed by atoms with E-state index in [4.69, 9.17) is 1.37 Å². The minimum Gasteiger partial charge on any atom is -0.207 e. The Morgan fingerprint density at radius 2 is 1.79 bits per heavy atom. The molecule has 1 aliphatic rings. The molecule has 0 unspecified atom stereocenters. The van der Waals surface area contributed by atoms with Gasteiger partial charge in [-0.25, -0.2) is 4.39 Å². The summed E-state index contributed by atoms with van der Waals surface area (Å²) in [6.45, 7) is 0. The fourth-order valence-electron chi connectivity index (χ4n) is 1.72. The van der Waals surface area contributed by atoms with E-state index in [2.05, 4.69) is 0 Å². The van der Waals surface area contributed by atoms with Gasteiger partial charge in [-0.3, -0.25) is 0 Å². The van der Waals surface area contributed by atoms with E-state index in [0.717, 1.165) is 30.6 Å². The molecule has 76 valence electrons. The summed E-state index contributed by atoms with van der Waals surface area (Å²) in [6, 6.07) is 6.47. The van der Waals surface area contributed by atoms with Crippen LogP contribution in [0.25, 0.3) is 0 Å². The first-order valence-electron chi connectivity index (χ1n) is 5.63. The minimum atomic E-state index is -0.379. The van der Waals surface area contributed by atoms with E-state index in [-0.39, 0.29) is 11.0 Å². The summed E-state index contributed by atoms with van der Waals surface area (Å²) < 4.78 is 21.0. The van der Waals surface area contributed by atoms with Gasteiger partial charge in [-0.15, -0.1) is 11.8 Å². The zero-order valence-electron chi connectivity index (χ0n) is 9.13. The molecule has 1 fully saturated rings. The molecule has 0 atom stereocenters. The molecule has 2 heteroatoms. The molecule has 0 spiro atoms. The van der Waals surface area contributed by atoms with Gasteiger partial charge in [0.2, 0.25) is 0 Å². The first-order valence-corrected chi connectivity index (χ1v) is 5.94. The SMILES string of the molecule is [2H]C1(Sc2ccc(F)cc2)CCCCC1. The zero-order chi connectivity index (χ0) is 10.7. The van der Waals surface area contributed by atoms with Gasteiger partial charge < -0.3 is 0 Å². The quantitative estimate of drug-likeness (QED) is 0.704. The Kier molecular flexibility index (Phi) is 3.03. The van der Waals surface area contributed by atoms with Gasteiger partial charge >= 0.3 is 0 Å². The van der Waals surface area contributed by atoms with Crippen molar-refractivity contribution in [2.75, 3.05) is 0 Å². The van der Waals surface area contributed by atoms with Crippen LogP contribution in [0.4, 0.5) is 4.39 Å². The molecule has 0 bridgehead atoms. The Balaban J connectivity index is 2.03. The Morgan fingerprint density at radius 3 is 2.43 bits per heavy atom. The van der Waals surface area contributed by atoms with Gasteiger partial charge in [0, 0.05) is 11.5 Å². The van der Waals surface area contributed by atoms with Gasteiger partial charge in [-0.05, 0) is 37.1 Å². The van der Waals surface area contributed by atoms with Gasteiger partial charge in [0.05, 0.1) is 0 Å². The molecule has 14 heavy (non-hydrogen) atoms. The number of halogens is 1. The Bertz CT molecular complexity index is 317. The number of thioether (sulfide) groups is 1. The molecule has 0 N–H and O–H groups in total. The Hall–Kier alpha value is -0.500.